The summed E-state index contributed by atoms with van der Waals surface area (Å²) in [6, 6.07) is 8.71. The van der Waals surface area contributed by atoms with Crippen LogP contribution >= 0.6 is 11.6 Å². The van der Waals surface area contributed by atoms with Crippen LogP contribution in [0.4, 0.5) is 10.1 Å². The van der Waals surface area contributed by atoms with Crippen LogP contribution in [-0.2, 0) is 14.3 Å². The van der Waals surface area contributed by atoms with Gasteiger partial charge in [0, 0.05) is 5.69 Å². The second-order valence-corrected chi connectivity index (χ2v) is 5.96. The lowest BCUT2D eigenvalue weighted by atomic mass is 10.2. The number of rotatable bonds is 9. The molecule has 154 valence electrons. The van der Waals surface area contributed by atoms with Gasteiger partial charge in [-0.2, -0.15) is 5.10 Å². The Kier molecular flexibility index (Phi) is 8.23. The fraction of sp³-hybridized carbons (Fsp3) is 0.211. The molecular weight excluding hydrogens is 405 g/mol. The van der Waals surface area contributed by atoms with Crippen LogP contribution in [0.2, 0.25) is 5.02 Å². The Morgan fingerprint density at radius 1 is 1.21 bits per heavy atom. The first-order chi connectivity index (χ1) is 13.9. The van der Waals surface area contributed by atoms with Gasteiger partial charge in [-0.3, -0.25) is 4.79 Å². The zero-order valence-corrected chi connectivity index (χ0v) is 16.5. The number of halogens is 2. The Hall–Kier alpha value is -3.33. The summed E-state index contributed by atoms with van der Waals surface area (Å²) in [6.07, 6.45) is 1.37. The molecule has 2 aromatic carbocycles. The lowest BCUT2D eigenvalue weighted by molar-refractivity contribution is -0.142. The van der Waals surface area contributed by atoms with E-state index in [1.807, 2.05) is 0 Å². The standard InChI is InChI=1S/C19H19ClFN3O5/c1-27-16-8-12(7-15(20)19(16)29-11-18(26)28-2)9-23-24-17(25)10-22-14-5-3-13(21)4-6-14/h3-9,22H,10-11H2,1-2H3,(H,24,25)/b23-9-. The average molecular weight is 424 g/mol. The van der Waals surface area contributed by atoms with Gasteiger partial charge in [-0.05, 0) is 42.0 Å². The second-order valence-electron chi connectivity index (χ2n) is 5.55. The van der Waals surface area contributed by atoms with Crippen molar-refractivity contribution >= 4 is 35.4 Å². The predicted molar refractivity (Wildman–Crippen MR) is 106 cm³/mol. The van der Waals surface area contributed by atoms with E-state index in [9.17, 15) is 14.0 Å². The van der Waals surface area contributed by atoms with Gasteiger partial charge in [0.05, 0.1) is 32.0 Å². The zero-order chi connectivity index (χ0) is 21.2. The summed E-state index contributed by atoms with van der Waals surface area (Å²) in [5.41, 5.74) is 3.48. The lowest BCUT2D eigenvalue weighted by Gasteiger charge is -2.12. The summed E-state index contributed by atoms with van der Waals surface area (Å²) >= 11 is 6.17. The molecular formula is C19H19ClFN3O5. The summed E-state index contributed by atoms with van der Waals surface area (Å²) in [6.45, 7) is -0.371. The van der Waals surface area contributed by atoms with Crippen LogP contribution in [0.5, 0.6) is 11.5 Å². The maximum absolute atomic E-state index is 12.8. The number of nitrogens with zero attached hydrogens (tertiary/aromatic N) is 1. The van der Waals surface area contributed by atoms with Crippen molar-refractivity contribution < 1.29 is 28.2 Å². The van der Waals surface area contributed by atoms with Crippen LogP contribution in [0, 0.1) is 5.82 Å². The van der Waals surface area contributed by atoms with E-state index < -0.39 is 11.9 Å². The molecule has 0 saturated carbocycles. The minimum absolute atomic E-state index is 0.0483. The third kappa shape index (κ3) is 6.96. The Morgan fingerprint density at radius 3 is 2.59 bits per heavy atom. The van der Waals surface area contributed by atoms with Crippen molar-refractivity contribution in [1.82, 2.24) is 5.43 Å². The number of benzene rings is 2. The molecule has 8 nitrogen and oxygen atoms in total. The monoisotopic (exact) mass is 423 g/mol. The Labute approximate surface area is 171 Å². The van der Waals surface area contributed by atoms with E-state index in [-0.39, 0.29) is 35.5 Å². The third-order valence-electron chi connectivity index (χ3n) is 3.51. The van der Waals surface area contributed by atoms with Gasteiger partial charge in [0.1, 0.15) is 5.82 Å². The van der Waals surface area contributed by atoms with Crippen molar-refractivity contribution in [2.75, 3.05) is 32.7 Å². The van der Waals surface area contributed by atoms with Crippen molar-refractivity contribution in [3.8, 4) is 11.5 Å². The number of carbonyl (C=O) groups is 2. The summed E-state index contributed by atoms with van der Waals surface area (Å²) < 4.78 is 27.9. The van der Waals surface area contributed by atoms with Gasteiger partial charge in [-0.1, -0.05) is 11.6 Å². The Balaban J connectivity index is 1.93. The van der Waals surface area contributed by atoms with Gasteiger partial charge >= 0.3 is 5.97 Å². The fourth-order valence-electron chi connectivity index (χ4n) is 2.11. The topological polar surface area (TPSA) is 98.3 Å². The lowest BCUT2D eigenvalue weighted by Crippen LogP contribution is -2.25. The molecule has 10 heteroatoms. The largest absolute Gasteiger partial charge is 0.493 e. The highest BCUT2D eigenvalue weighted by molar-refractivity contribution is 6.32. The van der Waals surface area contributed by atoms with Crippen LogP contribution in [0.3, 0.4) is 0 Å². The average Bonchev–Trinajstić information content (AvgIpc) is 2.71. The van der Waals surface area contributed by atoms with Gasteiger partial charge in [0.25, 0.3) is 5.91 Å². The summed E-state index contributed by atoms with van der Waals surface area (Å²) in [5.74, 6) is -0.857. The fourth-order valence-corrected chi connectivity index (χ4v) is 2.39. The smallest absolute Gasteiger partial charge is 0.343 e. The molecule has 0 fully saturated rings. The quantitative estimate of drug-likeness (QED) is 0.365. The van der Waals surface area contributed by atoms with Crippen molar-refractivity contribution in [3.05, 3.63) is 52.8 Å². The number of esters is 1. The molecule has 0 atom stereocenters. The first kappa shape index (κ1) is 22.0. The van der Waals surface area contributed by atoms with Crippen LogP contribution < -0.4 is 20.2 Å². The molecule has 0 bridgehead atoms. The van der Waals surface area contributed by atoms with E-state index in [0.29, 0.717) is 11.3 Å². The van der Waals surface area contributed by atoms with E-state index in [0.717, 1.165) is 0 Å². The van der Waals surface area contributed by atoms with Gasteiger partial charge in [0.2, 0.25) is 0 Å². The van der Waals surface area contributed by atoms with Crippen LogP contribution in [0.25, 0.3) is 0 Å². The molecule has 1 amide bonds. The van der Waals surface area contributed by atoms with E-state index in [4.69, 9.17) is 21.1 Å². The van der Waals surface area contributed by atoms with Gasteiger partial charge in [-0.25, -0.2) is 14.6 Å². The number of nitrogens with one attached hydrogen (secondary N) is 2. The number of carbonyl (C=O) groups excluding carboxylic acids is 2. The Bertz CT molecular complexity index is 890. The molecule has 0 aromatic heterocycles. The van der Waals surface area contributed by atoms with Gasteiger partial charge in [-0.15, -0.1) is 0 Å². The van der Waals surface area contributed by atoms with Crippen molar-refractivity contribution in [2.45, 2.75) is 0 Å². The van der Waals surface area contributed by atoms with Crippen molar-refractivity contribution in [3.63, 3.8) is 0 Å². The van der Waals surface area contributed by atoms with Crippen molar-refractivity contribution in [2.24, 2.45) is 5.10 Å². The SMILES string of the molecule is COC(=O)COc1c(Cl)cc(/C=N\NC(=O)CNc2ccc(F)cc2)cc1OC. The summed E-state index contributed by atoms with van der Waals surface area (Å²) in [5, 5.41) is 6.88. The molecule has 29 heavy (non-hydrogen) atoms. The molecule has 2 aromatic rings. The highest BCUT2D eigenvalue weighted by atomic mass is 35.5. The number of anilines is 1. The van der Waals surface area contributed by atoms with Crippen LogP contribution in [0.1, 0.15) is 5.56 Å². The molecule has 2 rings (SSSR count). The minimum atomic E-state index is -0.564. The Morgan fingerprint density at radius 2 is 1.93 bits per heavy atom. The number of methoxy groups -OCH3 is 2. The number of hydrogen-bond acceptors (Lipinski definition) is 7. The van der Waals surface area contributed by atoms with Gasteiger partial charge in [0.15, 0.2) is 18.1 Å². The molecule has 0 aliphatic carbocycles. The normalized spacial score (nSPS) is 10.5. The molecule has 0 aliphatic rings. The van der Waals surface area contributed by atoms with Crippen molar-refractivity contribution in [1.29, 1.82) is 0 Å². The van der Waals surface area contributed by atoms with Crippen LogP contribution in [0.15, 0.2) is 41.5 Å². The number of hydrazone groups is 1. The first-order valence-electron chi connectivity index (χ1n) is 8.31. The summed E-state index contributed by atoms with van der Waals surface area (Å²) in [7, 11) is 2.66. The van der Waals surface area contributed by atoms with Gasteiger partial charge < -0.3 is 19.5 Å². The maximum atomic E-state index is 12.8. The zero-order valence-electron chi connectivity index (χ0n) is 15.7. The molecule has 0 saturated heterocycles. The number of hydrogen-bond donors (Lipinski definition) is 2. The number of ether oxygens (including phenoxy) is 3. The minimum Gasteiger partial charge on any atom is -0.493 e. The molecule has 0 radical (unpaired) electrons. The molecule has 0 heterocycles. The second kappa shape index (κ2) is 10.9. The maximum Gasteiger partial charge on any atom is 0.343 e. The van der Waals surface area contributed by atoms with E-state index >= 15 is 0 Å². The van der Waals surface area contributed by atoms with E-state index in [1.165, 1.54) is 50.8 Å². The highest BCUT2D eigenvalue weighted by Crippen LogP contribution is 2.36. The highest BCUT2D eigenvalue weighted by Gasteiger charge is 2.13. The predicted octanol–water partition coefficient (Wildman–Crippen LogP) is 2.60. The number of amides is 1. The van der Waals surface area contributed by atoms with Crippen LogP contribution in [-0.4, -0.2) is 45.5 Å². The van der Waals surface area contributed by atoms with E-state index in [2.05, 4.69) is 20.6 Å². The first-order valence-corrected chi connectivity index (χ1v) is 8.69. The molecule has 2 N–H and O–H groups in total. The summed E-state index contributed by atoms with van der Waals surface area (Å²) in [4.78, 5) is 23.0. The molecule has 0 aliphatic heterocycles. The third-order valence-corrected chi connectivity index (χ3v) is 3.79. The molecule has 0 unspecified atom stereocenters. The molecule has 0 spiro atoms. The van der Waals surface area contributed by atoms with E-state index in [1.54, 1.807) is 6.07 Å².